The van der Waals surface area contributed by atoms with Gasteiger partial charge in [0.2, 0.25) is 10.0 Å². The molecular formula is C14H19N3O2S. The van der Waals surface area contributed by atoms with Gasteiger partial charge in [0.1, 0.15) is 4.90 Å². The summed E-state index contributed by atoms with van der Waals surface area (Å²) in [4.78, 5) is 4.19. The zero-order valence-electron chi connectivity index (χ0n) is 11.5. The van der Waals surface area contributed by atoms with Crippen molar-refractivity contribution in [2.75, 3.05) is 13.1 Å². The van der Waals surface area contributed by atoms with Crippen LogP contribution in [0.5, 0.6) is 0 Å². The first kappa shape index (κ1) is 15.0. The van der Waals surface area contributed by atoms with Crippen molar-refractivity contribution in [2.45, 2.75) is 37.1 Å². The average molecular weight is 293 g/mol. The van der Waals surface area contributed by atoms with E-state index in [0.717, 1.165) is 19.3 Å². The van der Waals surface area contributed by atoms with Crippen LogP contribution in [0.25, 0.3) is 0 Å². The molecule has 2 rings (SSSR count). The number of rotatable bonds is 5. The Bertz CT molecular complexity index is 627. The molecule has 1 aromatic rings. The van der Waals surface area contributed by atoms with Crippen LogP contribution in [0.2, 0.25) is 0 Å². The summed E-state index contributed by atoms with van der Waals surface area (Å²) < 4.78 is 26.9. The highest BCUT2D eigenvalue weighted by Gasteiger charge is 2.37. The zero-order valence-corrected chi connectivity index (χ0v) is 12.4. The molecule has 108 valence electrons. The normalized spacial score (nSPS) is 14.9. The van der Waals surface area contributed by atoms with Gasteiger partial charge in [-0.05, 0) is 25.3 Å². The third kappa shape index (κ3) is 3.37. The SMILES string of the molecule is CCCN(C1CC1)S(=O)(=O)c1cncc(C#CCN)c1. The van der Waals surface area contributed by atoms with E-state index in [2.05, 4.69) is 16.8 Å². The van der Waals surface area contributed by atoms with Crippen molar-refractivity contribution >= 4 is 10.0 Å². The van der Waals surface area contributed by atoms with Gasteiger partial charge in [0, 0.05) is 30.5 Å². The van der Waals surface area contributed by atoms with Crippen LogP contribution in [-0.4, -0.2) is 36.8 Å². The van der Waals surface area contributed by atoms with E-state index in [-0.39, 0.29) is 17.5 Å². The molecule has 1 aliphatic carbocycles. The Labute approximate surface area is 120 Å². The van der Waals surface area contributed by atoms with E-state index in [0.29, 0.717) is 12.1 Å². The lowest BCUT2D eigenvalue weighted by Gasteiger charge is -2.21. The van der Waals surface area contributed by atoms with Gasteiger partial charge in [0.15, 0.2) is 0 Å². The van der Waals surface area contributed by atoms with E-state index < -0.39 is 10.0 Å². The van der Waals surface area contributed by atoms with Gasteiger partial charge < -0.3 is 5.73 Å². The van der Waals surface area contributed by atoms with Crippen molar-refractivity contribution in [1.82, 2.24) is 9.29 Å². The fourth-order valence-electron chi connectivity index (χ4n) is 2.00. The maximum Gasteiger partial charge on any atom is 0.244 e. The van der Waals surface area contributed by atoms with Crippen molar-refractivity contribution < 1.29 is 8.42 Å². The van der Waals surface area contributed by atoms with Crippen LogP contribution in [0.15, 0.2) is 23.4 Å². The fraction of sp³-hybridized carbons (Fsp3) is 0.500. The molecular weight excluding hydrogens is 274 g/mol. The second-order valence-corrected chi connectivity index (χ2v) is 6.65. The van der Waals surface area contributed by atoms with Crippen molar-refractivity contribution in [3.05, 3.63) is 24.0 Å². The summed E-state index contributed by atoms with van der Waals surface area (Å²) >= 11 is 0. The van der Waals surface area contributed by atoms with Gasteiger partial charge >= 0.3 is 0 Å². The number of hydrogen-bond donors (Lipinski definition) is 1. The summed E-state index contributed by atoms with van der Waals surface area (Å²) in [7, 11) is -3.48. The third-order valence-electron chi connectivity index (χ3n) is 3.05. The molecule has 1 aromatic heterocycles. The molecule has 0 bridgehead atoms. The molecule has 0 saturated heterocycles. The fourth-order valence-corrected chi connectivity index (χ4v) is 3.77. The Balaban J connectivity index is 2.32. The summed E-state index contributed by atoms with van der Waals surface area (Å²) in [5.74, 6) is 5.51. The molecule has 6 heteroatoms. The van der Waals surface area contributed by atoms with Crippen molar-refractivity contribution in [3.63, 3.8) is 0 Å². The van der Waals surface area contributed by atoms with Crippen molar-refractivity contribution in [2.24, 2.45) is 5.73 Å². The predicted molar refractivity (Wildman–Crippen MR) is 77.4 cm³/mol. The predicted octanol–water partition coefficient (Wildman–Crippen LogP) is 0.955. The lowest BCUT2D eigenvalue weighted by molar-refractivity contribution is 0.403. The van der Waals surface area contributed by atoms with E-state index in [1.807, 2.05) is 6.92 Å². The van der Waals surface area contributed by atoms with Crippen LogP contribution < -0.4 is 5.73 Å². The topological polar surface area (TPSA) is 76.3 Å². The Kier molecular flexibility index (Phi) is 4.76. The zero-order chi connectivity index (χ0) is 14.6. The van der Waals surface area contributed by atoms with Crippen molar-refractivity contribution in [1.29, 1.82) is 0 Å². The van der Waals surface area contributed by atoms with Crippen LogP contribution in [0.1, 0.15) is 31.7 Å². The Morgan fingerprint density at radius 2 is 2.20 bits per heavy atom. The van der Waals surface area contributed by atoms with E-state index in [4.69, 9.17) is 5.73 Å². The molecule has 1 fully saturated rings. The first-order valence-electron chi connectivity index (χ1n) is 6.75. The summed E-state index contributed by atoms with van der Waals surface area (Å²) in [6.07, 6.45) is 5.62. The van der Waals surface area contributed by atoms with Gasteiger partial charge in [-0.1, -0.05) is 18.8 Å². The summed E-state index contributed by atoms with van der Waals surface area (Å²) in [5.41, 5.74) is 5.89. The minimum Gasteiger partial charge on any atom is -0.320 e. The summed E-state index contributed by atoms with van der Waals surface area (Å²) in [6, 6.07) is 1.72. The van der Waals surface area contributed by atoms with Crippen LogP contribution in [0, 0.1) is 11.8 Å². The Morgan fingerprint density at radius 1 is 1.45 bits per heavy atom. The van der Waals surface area contributed by atoms with Gasteiger partial charge in [0.05, 0.1) is 6.54 Å². The van der Waals surface area contributed by atoms with Crippen LogP contribution in [-0.2, 0) is 10.0 Å². The number of hydrogen-bond acceptors (Lipinski definition) is 4. The van der Waals surface area contributed by atoms with E-state index in [1.54, 1.807) is 16.6 Å². The van der Waals surface area contributed by atoms with Crippen LogP contribution in [0.4, 0.5) is 0 Å². The minimum atomic E-state index is -3.48. The molecule has 0 spiro atoms. The van der Waals surface area contributed by atoms with Gasteiger partial charge in [-0.15, -0.1) is 0 Å². The number of nitrogens with two attached hydrogens (primary N) is 1. The van der Waals surface area contributed by atoms with Gasteiger partial charge in [-0.2, -0.15) is 4.31 Å². The Hall–Kier alpha value is -1.42. The van der Waals surface area contributed by atoms with E-state index in [1.165, 1.54) is 6.20 Å². The number of aromatic nitrogens is 1. The van der Waals surface area contributed by atoms with Gasteiger partial charge in [-0.3, -0.25) is 4.98 Å². The lowest BCUT2D eigenvalue weighted by Crippen LogP contribution is -2.33. The summed E-state index contributed by atoms with van der Waals surface area (Å²) in [5, 5.41) is 0. The number of nitrogens with zero attached hydrogens (tertiary/aromatic N) is 2. The molecule has 5 nitrogen and oxygen atoms in total. The van der Waals surface area contributed by atoms with E-state index >= 15 is 0 Å². The molecule has 0 unspecified atom stereocenters. The monoisotopic (exact) mass is 293 g/mol. The maximum atomic E-state index is 12.6. The van der Waals surface area contributed by atoms with Crippen LogP contribution >= 0.6 is 0 Å². The Morgan fingerprint density at radius 3 is 2.80 bits per heavy atom. The number of pyridine rings is 1. The summed E-state index contributed by atoms with van der Waals surface area (Å²) in [6.45, 7) is 2.76. The first-order valence-corrected chi connectivity index (χ1v) is 8.19. The maximum absolute atomic E-state index is 12.6. The second kappa shape index (κ2) is 6.35. The highest BCUT2D eigenvalue weighted by Crippen LogP contribution is 2.32. The molecule has 0 aromatic carbocycles. The minimum absolute atomic E-state index is 0.152. The largest absolute Gasteiger partial charge is 0.320 e. The molecule has 0 amide bonds. The van der Waals surface area contributed by atoms with E-state index in [9.17, 15) is 8.42 Å². The standard InChI is InChI=1S/C14H19N3O2S/c1-2-8-17(13-5-6-13)20(18,19)14-9-12(4-3-7-15)10-16-11-14/h9-11,13H,2,5-8,15H2,1H3. The molecule has 2 N–H and O–H groups in total. The lowest BCUT2D eigenvalue weighted by atomic mass is 10.3. The molecule has 1 saturated carbocycles. The smallest absolute Gasteiger partial charge is 0.244 e. The van der Waals surface area contributed by atoms with Gasteiger partial charge in [0.25, 0.3) is 0 Å². The number of sulfonamides is 1. The quantitative estimate of drug-likeness (QED) is 0.820. The molecule has 0 aliphatic heterocycles. The van der Waals surface area contributed by atoms with Crippen molar-refractivity contribution in [3.8, 4) is 11.8 Å². The molecule has 0 radical (unpaired) electrons. The second-order valence-electron chi connectivity index (χ2n) is 4.76. The molecule has 1 heterocycles. The molecule has 1 aliphatic rings. The van der Waals surface area contributed by atoms with Crippen LogP contribution in [0.3, 0.4) is 0 Å². The molecule has 20 heavy (non-hydrogen) atoms. The average Bonchev–Trinajstić information content (AvgIpc) is 3.27. The van der Waals surface area contributed by atoms with Gasteiger partial charge in [-0.25, -0.2) is 8.42 Å². The third-order valence-corrected chi connectivity index (χ3v) is 4.97. The highest BCUT2D eigenvalue weighted by molar-refractivity contribution is 7.89. The molecule has 0 atom stereocenters. The first-order chi connectivity index (χ1) is 9.59. The highest BCUT2D eigenvalue weighted by atomic mass is 32.2.